The van der Waals surface area contributed by atoms with Crippen LogP contribution in [0, 0.1) is 6.92 Å². The molecule has 3 aromatic rings. The first-order valence-electron chi connectivity index (χ1n) is 10.9. The number of fused-ring (bicyclic) bond motifs is 1. The fourth-order valence-corrected chi connectivity index (χ4v) is 4.39. The molecule has 0 bridgehead atoms. The summed E-state index contributed by atoms with van der Waals surface area (Å²) in [6, 6.07) is 2.33. The number of hydrogen-bond donors (Lipinski definition) is 1. The van der Waals surface area contributed by atoms with Crippen LogP contribution in [0.4, 0.5) is 23.2 Å². The molecule has 0 unspecified atom stereocenters. The van der Waals surface area contributed by atoms with E-state index in [1.165, 1.54) is 22.3 Å². The van der Waals surface area contributed by atoms with Crippen LogP contribution in [0.2, 0.25) is 0 Å². The molecule has 1 aliphatic rings. The number of ether oxygens (including phenoxy) is 1. The molecular formula is C23H21F4N5O3S. The molecular weight excluding hydrogens is 502 g/mol. The van der Waals surface area contributed by atoms with Gasteiger partial charge in [0.1, 0.15) is 5.01 Å². The predicted octanol–water partition coefficient (Wildman–Crippen LogP) is 4.50. The number of thiazole rings is 1. The van der Waals surface area contributed by atoms with Crippen LogP contribution < -0.4 is 15.0 Å². The number of benzene rings is 1. The normalized spacial score (nSPS) is 14.3. The lowest BCUT2D eigenvalue weighted by Gasteiger charge is -2.31. The molecule has 0 fully saturated rings. The molecule has 190 valence electrons. The average Bonchev–Trinajstić information content (AvgIpc) is 3.28. The lowest BCUT2D eigenvalue weighted by Crippen LogP contribution is -2.40. The zero-order valence-electron chi connectivity index (χ0n) is 19.2. The van der Waals surface area contributed by atoms with Gasteiger partial charge in [-0.3, -0.25) is 14.0 Å². The molecule has 3 heterocycles. The molecule has 36 heavy (non-hydrogen) atoms. The summed E-state index contributed by atoms with van der Waals surface area (Å²) in [5, 5.41) is 3.28. The smallest absolute Gasteiger partial charge is 0.451 e. The van der Waals surface area contributed by atoms with E-state index in [2.05, 4.69) is 20.3 Å². The van der Waals surface area contributed by atoms with Crippen LogP contribution in [0.5, 0.6) is 5.75 Å². The first-order chi connectivity index (χ1) is 17.1. The number of nitrogens with zero attached hydrogens (tertiary/aromatic N) is 4. The van der Waals surface area contributed by atoms with Crippen LogP contribution in [0.3, 0.4) is 0 Å². The third-order valence-electron chi connectivity index (χ3n) is 5.40. The molecule has 4 rings (SSSR count). The van der Waals surface area contributed by atoms with Crippen molar-refractivity contribution in [3.63, 3.8) is 0 Å². The standard InChI is InChI=1S/C23H21F4N5O3S/c1-12-8-28-21(36-12)16-6-14(7-17-19(16)35-11-18(33)32(17)5-3-4-24)20(34)31-13(2)15-9-29-22(30-10-15)23(25,26)27/h6-10,13H,3-5,11H2,1-2H3,(H,31,34)/t13-/m1/s1. The Kier molecular flexibility index (Phi) is 7.20. The molecule has 0 aliphatic carbocycles. The number of halogens is 4. The van der Waals surface area contributed by atoms with Crippen LogP contribution >= 0.6 is 11.3 Å². The first kappa shape index (κ1) is 25.5. The fourth-order valence-electron chi connectivity index (χ4n) is 3.62. The van der Waals surface area contributed by atoms with Crippen molar-refractivity contribution < 1.29 is 31.9 Å². The summed E-state index contributed by atoms with van der Waals surface area (Å²) in [5.74, 6) is -1.84. The van der Waals surface area contributed by atoms with E-state index in [1.807, 2.05) is 6.92 Å². The topological polar surface area (TPSA) is 97.3 Å². The zero-order valence-corrected chi connectivity index (χ0v) is 20.0. The van der Waals surface area contributed by atoms with Crippen LogP contribution in [-0.2, 0) is 11.0 Å². The SMILES string of the molecule is Cc1cnc(-c2cc(C(=O)N[C@H](C)c3cnc(C(F)(F)F)nc3)cc3c2OCC(=O)N3CCCF)s1. The monoisotopic (exact) mass is 523 g/mol. The Hall–Kier alpha value is -3.61. The van der Waals surface area contributed by atoms with Crippen LogP contribution in [0.25, 0.3) is 10.6 Å². The highest BCUT2D eigenvalue weighted by molar-refractivity contribution is 7.15. The van der Waals surface area contributed by atoms with Gasteiger partial charge < -0.3 is 15.0 Å². The molecule has 0 saturated heterocycles. The number of aromatic nitrogens is 3. The van der Waals surface area contributed by atoms with Crippen molar-refractivity contribution in [1.82, 2.24) is 20.3 Å². The number of anilines is 1. The Morgan fingerprint density at radius 3 is 2.56 bits per heavy atom. The zero-order chi connectivity index (χ0) is 26.0. The summed E-state index contributed by atoms with van der Waals surface area (Å²) in [6.45, 7) is 2.70. The molecule has 13 heteroatoms. The molecule has 1 aromatic carbocycles. The van der Waals surface area contributed by atoms with E-state index in [-0.39, 0.29) is 36.6 Å². The van der Waals surface area contributed by atoms with Crippen LogP contribution in [0.1, 0.15) is 46.0 Å². The highest BCUT2D eigenvalue weighted by Crippen LogP contribution is 2.43. The van der Waals surface area contributed by atoms with E-state index in [0.29, 0.717) is 22.0 Å². The summed E-state index contributed by atoms with van der Waals surface area (Å²) in [4.78, 5) is 39.0. The number of rotatable bonds is 7. The summed E-state index contributed by atoms with van der Waals surface area (Å²) in [5.41, 5.74) is 1.26. The van der Waals surface area contributed by atoms with Gasteiger partial charge in [0.15, 0.2) is 12.4 Å². The molecule has 8 nitrogen and oxygen atoms in total. The Morgan fingerprint density at radius 2 is 1.94 bits per heavy atom. The van der Waals surface area contributed by atoms with Gasteiger partial charge in [-0.15, -0.1) is 11.3 Å². The van der Waals surface area contributed by atoms with E-state index in [1.54, 1.807) is 19.2 Å². The van der Waals surface area contributed by atoms with E-state index in [9.17, 15) is 27.2 Å². The van der Waals surface area contributed by atoms with Crippen molar-refractivity contribution in [3.05, 3.63) is 52.6 Å². The number of carbonyl (C=O) groups is 2. The van der Waals surface area contributed by atoms with Crippen LogP contribution in [0.15, 0.2) is 30.7 Å². The van der Waals surface area contributed by atoms with E-state index < -0.39 is 30.6 Å². The molecule has 0 radical (unpaired) electrons. The van der Waals surface area contributed by atoms with Gasteiger partial charge in [0.25, 0.3) is 11.8 Å². The summed E-state index contributed by atoms with van der Waals surface area (Å²) < 4.78 is 56.8. The third kappa shape index (κ3) is 5.30. The van der Waals surface area contributed by atoms with Gasteiger partial charge in [-0.25, -0.2) is 15.0 Å². The van der Waals surface area contributed by atoms with Gasteiger partial charge in [0.05, 0.1) is 24.0 Å². The molecule has 0 spiro atoms. The summed E-state index contributed by atoms with van der Waals surface area (Å²) >= 11 is 1.37. The van der Waals surface area contributed by atoms with Crippen LogP contribution in [-0.4, -0.2) is 46.6 Å². The quantitative estimate of drug-likeness (QED) is 0.458. The second kappa shape index (κ2) is 10.2. The number of amides is 2. The molecule has 1 N–H and O–H groups in total. The summed E-state index contributed by atoms with van der Waals surface area (Å²) in [7, 11) is 0. The van der Waals surface area contributed by atoms with Crippen molar-refractivity contribution in [1.29, 1.82) is 0 Å². The number of alkyl halides is 4. The Labute approximate surface area is 207 Å². The Balaban J connectivity index is 1.68. The lowest BCUT2D eigenvalue weighted by atomic mass is 10.0. The second-order valence-electron chi connectivity index (χ2n) is 8.06. The third-order valence-corrected chi connectivity index (χ3v) is 6.35. The van der Waals surface area contributed by atoms with Crippen molar-refractivity contribution >= 4 is 28.8 Å². The fraction of sp³-hybridized carbons (Fsp3) is 0.348. The number of aryl methyl sites for hydroxylation is 1. The minimum Gasteiger partial charge on any atom is -0.481 e. The Morgan fingerprint density at radius 1 is 1.22 bits per heavy atom. The minimum absolute atomic E-state index is 0.104. The highest BCUT2D eigenvalue weighted by atomic mass is 32.1. The molecule has 2 amide bonds. The number of carbonyl (C=O) groups excluding carboxylic acids is 2. The molecule has 1 aliphatic heterocycles. The lowest BCUT2D eigenvalue weighted by molar-refractivity contribution is -0.145. The van der Waals surface area contributed by atoms with Crippen molar-refractivity contribution in [2.24, 2.45) is 0 Å². The maximum Gasteiger partial charge on any atom is 0.451 e. The maximum absolute atomic E-state index is 13.2. The minimum atomic E-state index is -4.67. The number of nitrogens with one attached hydrogen (secondary N) is 1. The second-order valence-corrected chi connectivity index (χ2v) is 9.29. The van der Waals surface area contributed by atoms with E-state index in [0.717, 1.165) is 17.3 Å². The van der Waals surface area contributed by atoms with E-state index >= 15 is 0 Å². The van der Waals surface area contributed by atoms with Gasteiger partial charge in [0.2, 0.25) is 5.82 Å². The van der Waals surface area contributed by atoms with Gasteiger partial charge in [-0.2, -0.15) is 13.2 Å². The van der Waals surface area contributed by atoms with Gasteiger partial charge >= 0.3 is 6.18 Å². The molecule has 1 atom stereocenters. The molecule has 0 saturated carbocycles. The van der Waals surface area contributed by atoms with Crippen molar-refractivity contribution in [2.75, 3.05) is 24.7 Å². The average molecular weight is 524 g/mol. The van der Waals surface area contributed by atoms with Crippen molar-refractivity contribution in [2.45, 2.75) is 32.5 Å². The largest absolute Gasteiger partial charge is 0.481 e. The van der Waals surface area contributed by atoms with Gasteiger partial charge in [-0.05, 0) is 32.4 Å². The molecule has 2 aromatic heterocycles. The van der Waals surface area contributed by atoms with Gasteiger partial charge in [0, 0.05) is 41.1 Å². The maximum atomic E-state index is 13.2. The first-order valence-corrected chi connectivity index (χ1v) is 11.7. The summed E-state index contributed by atoms with van der Waals surface area (Å²) in [6.07, 6.45) is -0.892. The van der Waals surface area contributed by atoms with Crippen molar-refractivity contribution in [3.8, 4) is 16.3 Å². The highest BCUT2D eigenvalue weighted by Gasteiger charge is 2.34. The Bertz CT molecular complexity index is 1280. The predicted molar refractivity (Wildman–Crippen MR) is 124 cm³/mol. The number of hydrogen-bond acceptors (Lipinski definition) is 7. The van der Waals surface area contributed by atoms with E-state index in [4.69, 9.17) is 4.74 Å². The van der Waals surface area contributed by atoms with Gasteiger partial charge in [-0.1, -0.05) is 0 Å².